The van der Waals surface area contributed by atoms with Crippen LogP contribution in [0.3, 0.4) is 0 Å². The molecule has 11 heteroatoms. The van der Waals surface area contributed by atoms with Crippen molar-refractivity contribution in [2.24, 2.45) is 0 Å². The number of hydrogen-bond acceptors (Lipinski definition) is 7. The molecule has 0 bridgehead atoms. The van der Waals surface area contributed by atoms with Crippen LogP contribution in [-0.4, -0.2) is 31.1 Å². The Labute approximate surface area is 191 Å². The Bertz CT molecular complexity index is 1160. The minimum Gasteiger partial charge on any atom is -0.465 e. The van der Waals surface area contributed by atoms with Crippen molar-refractivity contribution in [1.29, 1.82) is 0 Å². The van der Waals surface area contributed by atoms with Gasteiger partial charge in [-0.05, 0) is 42.5 Å². The molecule has 3 rings (SSSR count). The Kier molecular flexibility index (Phi) is 7.07. The van der Waals surface area contributed by atoms with Crippen molar-refractivity contribution in [3.8, 4) is 11.6 Å². The topological polar surface area (TPSA) is 78.0 Å². The molecular formula is C22H16ClF3N2O5. The van der Waals surface area contributed by atoms with Crippen LogP contribution in [0.4, 0.5) is 18.9 Å². The lowest BCUT2D eigenvalue weighted by atomic mass is 10.1. The number of pyridine rings is 1. The summed E-state index contributed by atoms with van der Waals surface area (Å²) >= 11 is 5.87. The fraction of sp³-hybridized carbons (Fsp3) is 0.136. The molecule has 1 aromatic carbocycles. The van der Waals surface area contributed by atoms with Gasteiger partial charge >= 0.3 is 18.1 Å². The third kappa shape index (κ3) is 5.35. The normalized spacial score (nSPS) is 13.6. The number of anilines is 1. The highest BCUT2D eigenvalue weighted by Crippen LogP contribution is 2.35. The van der Waals surface area contributed by atoms with E-state index in [-0.39, 0.29) is 27.9 Å². The molecule has 1 aliphatic rings. The number of halogens is 4. The second kappa shape index (κ2) is 9.78. The molecule has 0 amide bonds. The minimum absolute atomic E-state index is 0.0181. The summed E-state index contributed by atoms with van der Waals surface area (Å²) in [7, 11) is 2.37. The van der Waals surface area contributed by atoms with Gasteiger partial charge in [-0.25, -0.2) is 14.6 Å². The van der Waals surface area contributed by atoms with Crippen molar-refractivity contribution < 1.29 is 37.0 Å². The Morgan fingerprint density at radius 3 is 2.27 bits per heavy atom. The Balaban J connectivity index is 1.91. The number of hydrogen-bond donors (Lipinski definition) is 0. The molecule has 1 aliphatic heterocycles. The maximum Gasteiger partial charge on any atom is 0.417 e. The van der Waals surface area contributed by atoms with Crippen LogP contribution in [0.5, 0.6) is 11.6 Å². The first-order chi connectivity index (χ1) is 15.7. The van der Waals surface area contributed by atoms with E-state index in [0.717, 1.165) is 6.07 Å². The van der Waals surface area contributed by atoms with Gasteiger partial charge in [0, 0.05) is 18.1 Å². The minimum atomic E-state index is -4.58. The van der Waals surface area contributed by atoms with Crippen molar-refractivity contribution in [3.63, 3.8) is 0 Å². The van der Waals surface area contributed by atoms with Crippen LogP contribution in [0.25, 0.3) is 0 Å². The van der Waals surface area contributed by atoms with Crippen LogP contribution in [0.15, 0.2) is 72.2 Å². The molecule has 0 fully saturated rings. The SMILES string of the molecule is COC(=O)C1=C(C(=O)OC)N(c2ccc(Oc3ncc(C(F)(F)F)cc3Cl)cc2)C=CC=C1. The van der Waals surface area contributed by atoms with Gasteiger partial charge in [0.1, 0.15) is 16.5 Å². The number of aromatic nitrogens is 1. The van der Waals surface area contributed by atoms with Crippen molar-refractivity contribution in [2.45, 2.75) is 6.18 Å². The van der Waals surface area contributed by atoms with E-state index in [1.807, 2.05) is 0 Å². The van der Waals surface area contributed by atoms with Crippen LogP contribution in [0, 0.1) is 0 Å². The van der Waals surface area contributed by atoms with E-state index in [0.29, 0.717) is 11.9 Å². The molecule has 0 saturated carbocycles. The lowest BCUT2D eigenvalue weighted by molar-refractivity contribution is -0.139. The van der Waals surface area contributed by atoms with E-state index in [1.165, 1.54) is 37.3 Å². The number of carbonyl (C=O) groups is 2. The largest absolute Gasteiger partial charge is 0.465 e. The van der Waals surface area contributed by atoms with Crippen molar-refractivity contribution >= 4 is 29.2 Å². The maximum absolute atomic E-state index is 12.8. The van der Waals surface area contributed by atoms with Crippen LogP contribution in [-0.2, 0) is 25.2 Å². The molecule has 0 N–H and O–H groups in total. The standard InChI is InChI=1S/C22H16ClF3N2O5/c1-31-20(29)16-5-3-4-10-28(18(16)21(30)32-2)14-6-8-15(9-7-14)33-19-17(23)11-13(12-27-19)22(24,25)26/h3-12H,1-2H3. The van der Waals surface area contributed by atoms with Gasteiger partial charge in [0.05, 0.1) is 25.4 Å². The first kappa shape index (κ1) is 23.9. The fourth-order valence-electron chi connectivity index (χ4n) is 2.81. The van der Waals surface area contributed by atoms with E-state index < -0.39 is 23.7 Å². The van der Waals surface area contributed by atoms with E-state index >= 15 is 0 Å². The highest BCUT2D eigenvalue weighted by Gasteiger charge is 2.32. The predicted octanol–water partition coefficient (Wildman–Crippen LogP) is 5.04. The Hall–Kier alpha value is -3.79. The second-order valence-electron chi connectivity index (χ2n) is 6.42. The Morgan fingerprint density at radius 1 is 1.03 bits per heavy atom. The molecular weight excluding hydrogens is 465 g/mol. The summed E-state index contributed by atoms with van der Waals surface area (Å²) in [5.41, 5.74) is -0.637. The van der Waals surface area contributed by atoms with Gasteiger partial charge in [0.2, 0.25) is 5.88 Å². The molecule has 0 aliphatic carbocycles. The number of ether oxygens (including phenoxy) is 3. The summed E-state index contributed by atoms with van der Waals surface area (Å²) < 4.78 is 53.4. The van der Waals surface area contributed by atoms with Gasteiger partial charge in [0.25, 0.3) is 0 Å². The van der Waals surface area contributed by atoms with Gasteiger partial charge < -0.3 is 19.1 Å². The molecule has 0 spiro atoms. The molecule has 33 heavy (non-hydrogen) atoms. The van der Waals surface area contributed by atoms with Gasteiger partial charge in [0.15, 0.2) is 0 Å². The monoisotopic (exact) mass is 480 g/mol. The summed E-state index contributed by atoms with van der Waals surface area (Å²) in [6.07, 6.45) is 2.17. The average molecular weight is 481 g/mol. The fourth-order valence-corrected chi connectivity index (χ4v) is 3.01. The van der Waals surface area contributed by atoms with Crippen LogP contribution >= 0.6 is 11.6 Å². The van der Waals surface area contributed by atoms with E-state index in [2.05, 4.69) is 4.98 Å². The molecule has 0 atom stereocenters. The van der Waals surface area contributed by atoms with E-state index in [1.54, 1.807) is 30.5 Å². The summed E-state index contributed by atoms with van der Waals surface area (Å²) in [6, 6.07) is 6.81. The lowest BCUT2D eigenvalue weighted by Gasteiger charge is -2.23. The number of methoxy groups -OCH3 is 2. The molecule has 2 heterocycles. The van der Waals surface area contributed by atoms with E-state index in [9.17, 15) is 22.8 Å². The van der Waals surface area contributed by atoms with E-state index in [4.69, 9.17) is 25.8 Å². The van der Waals surface area contributed by atoms with Crippen LogP contribution in [0.1, 0.15) is 5.56 Å². The van der Waals surface area contributed by atoms with Crippen LogP contribution < -0.4 is 9.64 Å². The summed E-state index contributed by atoms with van der Waals surface area (Å²) in [5.74, 6) is -1.49. The number of nitrogens with zero attached hydrogens (tertiary/aromatic N) is 2. The predicted molar refractivity (Wildman–Crippen MR) is 113 cm³/mol. The zero-order valence-electron chi connectivity index (χ0n) is 17.2. The molecule has 1 aromatic heterocycles. The third-order valence-corrected chi connectivity index (χ3v) is 4.62. The van der Waals surface area contributed by atoms with Crippen molar-refractivity contribution in [2.75, 3.05) is 19.1 Å². The van der Waals surface area contributed by atoms with Crippen LogP contribution in [0.2, 0.25) is 5.02 Å². The zero-order valence-corrected chi connectivity index (χ0v) is 18.0. The number of esters is 2. The maximum atomic E-state index is 12.8. The summed E-state index contributed by atoms with van der Waals surface area (Å²) in [4.78, 5) is 29.7. The van der Waals surface area contributed by atoms with Crippen molar-refractivity contribution in [1.82, 2.24) is 4.98 Å². The number of carbonyl (C=O) groups excluding carboxylic acids is 2. The number of rotatable bonds is 5. The molecule has 7 nitrogen and oxygen atoms in total. The van der Waals surface area contributed by atoms with Crippen molar-refractivity contribution in [3.05, 3.63) is 82.8 Å². The quantitative estimate of drug-likeness (QED) is 0.555. The highest BCUT2D eigenvalue weighted by molar-refractivity contribution is 6.31. The third-order valence-electron chi connectivity index (χ3n) is 4.35. The summed E-state index contributed by atoms with van der Waals surface area (Å²) in [6.45, 7) is 0. The highest BCUT2D eigenvalue weighted by atomic mass is 35.5. The molecule has 0 unspecified atom stereocenters. The molecule has 0 saturated heterocycles. The average Bonchev–Trinajstić information content (AvgIpc) is 3.02. The zero-order chi connectivity index (χ0) is 24.2. The summed E-state index contributed by atoms with van der Waals surface area (Å²) in [5, 5.41) is -0.311. The number of allylic oxidation sites excluding steroid dienone is 2. The second-order valence-corrected chi connectivity index (χ2v) is 6.83. The van der Waals surface area contributed by atoms with Gasteiger partial charge in [-0.2, -0.15) is 13.2 Å². The lowest BCUT2D eigenvalue weighted by Crippen LogP contribution is -2.26. The first-order valence-electron chi connectivity index (χ1n) is 9.21. The number of alkyl halides is 3. The number of benzene rings is 1. The van der Waals surface area contributed by atoms with Gasteiger partial charge in [-0.1, -0.05) is 17.7 Å². The smallest absolute Gasteiger partial charge is 0.417 e. The molecule has 172 valence electrons. The molecule has 2 aromatic rings. The Morgan fingerprint density at radius 2 is 1.70 bits per heavy atom. The molecule has 0 radical (unpaired) electrons. The first-order valence-corrected chi connectivity index (χ1v) is 9.59. The van der Waals surface area contributed by atoms with Gasteiger partial charge in [-0.15, -0.1) is 0 Å². The van der Waals surface area contributed by atoms with Gasteiger partial charge in [-0.3, -0.25) is 0 Å².